The van der Waals surface area contributed by atoms with Crippen molar-refractivity contribution < 1.29 is 8.42 Å². The molecular formula is C11H13ClN4O2S. The van der Waals surface area contributed by atoms with Gasteiger partial charge in [-0.25, -0.2) is 13.1 Å². The highest BCUT2D eigenvalue weighted by Crippen LogP contribution is 2.25. The number of pyridine rings is 1. The minimum Gasteiger partial charge on any atom is -0.255 e. The lowest BCUT2D eigenvalue weighted by Gasteiger charge is -2.10. The fourth-order valence-electron chi connectivity index (χ4n) is 1.72. The van der Waals surface area contributed by atoms with Crippen LogP contribution in [0.2, 0.25) is 0 Å². The van der Waals surface area contributed by atoms with Crippen LogP contribution in [0.15, 0.2) is 24.4 Å². The minimum atomic E-state index is -3.69. The largest absolute Gasteiger partial charge is 0.255 e. The van der Waals surface area contributed by atoms with Crippen molar-refractivity contribution in [2.24, 2.45) is 0 Å². The van der Waals surface area contributed by atoms with Crippen LogP contribution < -0.4 is 0 Å². The highest BCUT2D eigenvalue weighted by molar-refractivity contribution is 8.13. The molecule has 0 aliphatic carbocycles. The average molecular weight is 301 g/mol. The molecule has 2 aromatic heterocycles. The first-order chi connectivity index (χ1) is 8.88. The minimum absolute atomic E-state index is 0.0382. The van der Waals surface area contributed by atoms with Crippen LogP contribution in [0.5, 0.6) is 0 Å². The zero-order chi connectivity index (χ0) is 14.0. The Kier molecular flexibility index (Phi) is 3.86. The lowest BCUT2D eigenvalue weighted by atomic mass is 10.2. The second kappa shape index (κ2) is 5.26. The van der Waals surface area contributed by atoms with Gasteiger partial charge in [-0.3, -0.25) is 4.98 Å². The van der Waals surface area contributed by atoms with E-state index in [1.165, 1.54) is 0 Å². The highest BCUT2D eigenvalue weighted by atomic mass is 35.7. The van der Waals surface area contributed by atoms with Gasteiger partial charge in [0.1, 0.15) is 17.1 Å². The molecule has 102 valence electrons. The lowest BCUT2D eigenvalue weighted by Crippen LogP contribution is -2.07. The van der Waals surface area contributed by atoms with Gasteiger partial charge in [-0.05, 0) is 26.0 Å². The van der Waals surface area contributed by atoms with E-state index in [0.717, 1.165) is 0 Å². The van der Waals surface area contributed by atoms with Crippen molar-refractivity contribution in [1.82, 2.24) is 20.0 Å². The third-order valence-electron chi connectivity index (χ3n) is 2.47. The van der Waals surface area contributed by atoms with Gasteiger partial charge < -0.3 is 0 Å². The lowest BCUT2D eigenvalue weighted by molar-refractivity contribution is 0.518. The summed E-state index contributed by atoms with van der Waals surface area (Å²) in [7, 11) is 1.60. The van der Waals surface area contributed by atoms with Gasteiger partial charge in [0.2, 0.25) is 9.05 Å². The molecule has 0 aromatic carbocycles. The zero-order valence-electron chi connectivity index (χ0n) is 10.5. The van der Waals surface area contributed by atoms with Gasteiger partial charge in [0, 0.05) is 22.9 Å². The predicted molar refractivity (Wildman–Crippen MR) is 72.1 cm³/mol. The van der Waals surface area contributed by atoms with E-state index in [4.69, 9.17) is 10.7 Å². The average Bonchev–Trinajstić information content (AvgIpc) is 2.71. The molecule has 0 radical (unpaired) electrons. The summed E-state index contributed by atoms with van der Waals surface area (Å²) in [5, 5.41) is 7.89. The molecule has 19 heavy (non-hydrogen) atoms. The van der Waals surface area contributed by atoms with E-state index in [1.807, 2.05) is 19.9 Å². The molecule has 0 aliphatic heterocycles. The van der Waals surface area contributed by atoms with Crippen LogP contribution in [0.4, 0.5) is 0 Å². The first-order valence-electron chi connectivity index (χ1n) is 5.66. The van der Waals surface area contributed by atoms with Crippen molar-refractivity contribution in [2.45, 2.75) is 25.6 Å². The number of nitrogens with zero attached hydrogens (tertiary/aromatic N) is 4. The Balaban J connectivity index is 2.58. The van der Waals surface area contributed by atoms with Gasteiger partial charge in [-0.1, -0.05) is 11.3 Å². The summed E-state index contributed by atoms with van der Waals surface area (Å²) in [5.41, 5.74) is 1.51. The van der Waals surface area contributed by atoms with E-state index < -0.39 is 9.05 Å². The highest BCUT2D eigenvalue weighted by Gasteiger charge is 2.21. The van der Waals surface area contributed by atoms with Crippen molar-refractivity contribution in [3.8, 4) is 11.4 Å². The third-order valence-corrected chi connectivity index (χ3v) is 3.42. The summed E-state index contributed by atoms with van der Waals surface area (Å²) in [6, 6.07) is 5.42. The molecule has 0 N–H and O–H groups in total. The fourth-order valence-corrected chi connectivity index (χ4v) is 2.55. The number of hydrogen-bond donors (Lipinski definition) is 0. The van der Waals surface area contributed by atoms with E-state index in [9.17, 15) is 8.42 Å². The van der Waals surface area contributed by atoms with Crippen LogP contribution in [0.25, 0.3) is 11.4 Å². The summed E-state index contributed by atoms with van der Waals surface area (Å²) < 4.78 is 24.1. The first-order valence-corrected chi connectivity index (χ1v) is 8.14. The number of halogens is 1. The molecule has 0 saturated heterocycles. The number of aromatic nitrogens is 4. The SMILES string of the molecule is CC(C)n1nnc(CS(=O)(=O)Cl)c1-c1ccccn1. The molecule has 0 aliphatic rings. The Morgan fingerprint density at radius 1 is 1.37 bits per heavy atom. The quantitative estimate of drug-likeness (QED) is 0.807. The Hall–Kier alpha value is -1.47. The molecule has 0 bridgehead atoms. The van der Waals surface area contributed by atoms with Gasteiger partial charge in [0.15, 0.2) is 0 Å². The van der Waals surface area contributed by atoms with E-state index >= 15 is 0 Å². The normalized spacial score (nSPS) is 12.0. The summed E-state index contributed by atoms with van der Waals surface area (Å²) >= 11 is 0. The molecule has 2 aromatic rings. The topological polar surface area (TPSA) is 77.7 Å². The molecule has 0 atom stereocenters. The van der Waals surface area contributed by atoms with Crippen LogP contribution >= 0.6 is 10.7 Å². The maximum absolute atomic E-state index is 11.2. The van der Waals surface area contributed by atoms with Crippen molar-refractivity contribution in [2.75, 3.05) is 0 Å². The molecule has 8 heteroatoms. The Morgan fingerprint density at radius 3 is 2.63 bits per heavy atom. The van der Waals surface area contributed by atoms with Gasteiger partial charge in [0.05, 0.1) is 5.69 Å². The molecule has 0 fully saturated rings. The zero-order valence-corrected chi connectivity index (χ0v) is 12.1. The maximum atomic E-state index is 11.2. The van der Waals surface area contributed by atoms with Crippen LogP contribution in [0, 0.1) is 0 Å². The van der Waals surface area contributed by atoms with E-state index in [2.05, 4.69) is 15.3 Å². The summed E-state index contributed by atoms with van der Waals surface area (Å²) in [6.45, 7) is 3.86. The van der Waals surface area contributed by atoms with Crippen molar-refractivity contribution in [1.29, 1.82) is 0 Å². The molecular weight excluding hydrogens is 288 g/mol. The molecule has 0 unspecified atom stereocenters. The van der Waals surface area contributed by atoms with Crippen LogP contribution in [-0.4, -0.2) is 28.4 Å². The van der Waals surface area contributed by atoms with Crippen LogP contribution in [0.1, 0.15) is 25.6 Å². The third kappa shape index (κ3) is 3.30. The second-order valence-electron chi connectivity index (χ2n) is 4.32. The molecule has 0 amide bonds. The maximum Gasteiger partial charge on any atom is 0.238 e. The molecule has 2 rings (SSSR count). The molecule has 0 spiro atoms. The van der Waals surface area contributed by atoms with Gasteiger partial charge in [0.25, 0.3) is 0 Å². The summed E-state index contributed by atoms with van der Waals surface area (Å²) in [5.74, 6) is -0.368. The number of rotatable bonds is 4. The Labute approximate surface area is 115 Å². The van der Waals surface area contributed by atoms with Crippen molar-refractivity contribution in [3.05, 3.63) is 30.1 Å². The van der Waals surface area contributed by atoms with Gasteiger partial charge in [-0.2, -0.15) is 0 Å². The van der Waals surface area contributed by atoms with Gasteiger partial charge >= 0.3 is 0 Å². The van der Waals surface area contributed by atoms with E-state index in [-0.39, 0.29) is 11.8 Å². The van der Waals surface area contributed by atoms with Crippen LogP contribution in [0.3, 0.4) is 0 Å². The summed E-state index contributed by atoms with van der Waals surface area (Å²) in [6.07, 6.45) is 1.63. The van der Waals surface area contributed by atoms with Crippen molar-refractivity contribution in [3.63, 3.8) is 0 Å². The van der Waals surface area contributed by atoms with Crippen LogP contribution in [-0.2, 0) is 14.8 Å². The molecule has 0 saturated carbocycles. The fraction of sp³-hybridized carbons (Fsp3) is 0.364. The summed E-state index contributed by atoms with van der Waals surface area (Å²) in [4.78, 5) is 4.22. The molecule has 6 nitrogen and oxygen atoms in total. The molecule has 2 heterocycles. The van der Waals surface area contributed by atoms with Gasteiger partial charge in [-0.15, -0.1) is 5.10 Å². The second-order valence-corrected chi connectivity index (χ2v) is 7.10. The Bertz CT molecular complexity index is 667. The number of hydrogen-bond acceptors (Lipinski definition) is 5. The Morgan fingerprint density at radius 2 is 2.11 bits per heavy atom. The predicted octanol–water partition coefficient (Wildman–Crippen LogP) is 1.99. The standard InChI is InChI=1S/C11H13ClN4O2S/c1-8(2)16-11(9-5-3-4-6-13-9)10(14-15-16)7-19(12,17)18/h3-6,8H,7H2,1-2H3. The van der Waals surface area contributed by atoms with E-state index in [1.54, 1.807) is 23.0 Å². The first kappa shape index (κ1) is 14.0. The van der Waals surface area contributed by atoms with Crippen molar-refractivity contribution >= 4 is 19.7 Å². The monoisotopic (exact) mass is 300 g/mol. The van der Waals surface area contributed by atoms with E-state index in [0.29, 0.717) is 17.1 Å². The smallest absolute Gasteiger partial charge is 0.238 e.